The zero-order valence-electron chi connectivity index (χ0n) is 12.1. The van der Waals surface area contributed by atoms with E-state index in [0.717, 1.165) is 32.2 Å². The van der Waals surface area contributed by atoms with Crippen LogP contribution in [0.2, 0.25) is 0 Å². The van der Waals surface area contributed by atoms with Gasteiger partial charge >= 0.3 is 5.97 Å². The number of unbranched alkanes of at least 4 members (excludes halogenated alkanes) is 7. The molecule has 0 aliphatic heterocycles. The monoisotopic (exact) mass is 313 g/mol. The summed E-state index contributed by atoms with van der Waals surface area (Å²) in [6.07, 6.45) is 10.1. The number of rotatable bonds is 10. The highest BCUT2D eigenvalue weighted by Crippen LogP contribution is 2.09. The van der Waals surface area contributed by atoms with Crippen LogP contribution in [0.5, 0.6) is 0 Å². The highest BCUT2D eigenvalue weighted by atomic mass is 32.2. The fourth-order valence-corrected chi connectivity index (χ4v) is 1.52. The molecule has 0 aromatic carbocycles. The lowest BCUT2D eigenvalue weighted by atomic mass is 10.1. The summed E-state index contributed by atoms with van der Waals surface area (Å²) >= 11 is 0. The lowest BCUT2D eigenvalue weighted by Gasteiger charge is -2.00. The van der Waals surface area contributed by atoms with Crippen molar-refractivity contribution in [2.75, 3.05) is 12.8 Å². The van der Waals surface area contributed by atoms with Crippen molar-refractivity contribution in [1.29, 1.82) is 0 Å². The van der Waals surface area contributed by atoms with Gasteiger partial charge in [-0.2, -0.15) is 13.7 Å². The van der Waals surface area contributed by atoms with E-state index in [2.05, 4.69) is 4.89 Å². The van der Waals surface area contributed by atoms with Gasteiger partial charge in [0.2, 0.25) is 0 Å². The molecule has 4 N–H and O–H groups in total. The van der Waals surface area contributed by atoms with Crippen molar-refractivity contribution < 1.29 is 27.9 Å². The molecule has 0 radical (unpaired) electrons. The first-order valence-electron chi connectivity index (χ1n) is 6.78. The van der Waals surface area contributed by atoms with Crippen LogP contribution in [0.15, 0.2) is 0 Å². The van der Waals surface area contributed by atoms with Crippen molar-refractivity contribution in [2.45, 2.75) is 57.8 Å². The van der Waals surface area contributed by atoms with Crippen LogP contribution < -0.4 is 5.73 Å². The van der Waals surface area contributed by atoms with E-state index in [9.17, 15) is 13.2 Å². The van der Waals surface area contributed by atoms with E-state index in [1.807, 2.05) is 0 Å². The van der Waals surface area contributed by atoms with Crippen LogP contribution in [0.25, 0.3) is 0 Å². The molecule has 0 bridgehead atoms. The highest BCUT2D eigenvalue weighted by Gasteiger charge is 2.00. The molecule has 0 fully saturated rings. The van der Waals surface area contributed by atoms with Crippen LogP contribution in [0, 0.1) is 0 Å². The van der Waals surface area contributed by atoms with E-state index in [0.29, 0.717) is 12.7 Å². The average molecular weight is 313 g/mol. The summed E-state index contributed by atoms with van der Waals surface area (Å²) in [5, 5.41) is 8.00. The Bertz CT molecular complexity index is 310. The zero-order chi connectivity index (χ0) is 15.9. The van der Waals surface area contributed by atoms with Gasteiger partial charge in [0.25, 0.3) is 10.1 Å². The van der Waals surface area contributed by atoms with Crippen LogP contribution in [-0.2, 0) is 19.8 Å². The molecule has 8 heteroatoms. The first kappa shape index (κ1) is 21.6. The number of hydrogen-bond donors (Lipinski definition) is 3. The lowest BCUT2D eigenvalue weighted by Crippen LogP contribution is -1.99. The summed E-state index contributed by atoms with van der Waals surface area (Å²) in [5.74, 6) is -0.530. The van der Waals surface area contributed by atoms with E-state index < -0.39 is 16.1 Å². The molecular weight excluding hydrogens is 286 g/mol. The van der Waals surface area contributed by atoms with E-state index in [1.165, 1.54) is 25.7 Å². The Hall–Kier alpha value is -0.700. The van der Waals surface area contributed by atoms with E-state index in [4.69, 9.17) is 15.5 Å². The summed E-state index contributed by atoms with van der Waals surface area (Å²) < 4.78 is 25.9. The van der Waals surface area contributed by atoms with Crippen molar-refractivity contribution in [2.24, 2.45) is 5.73 Å². The average Bonchev–Trinajstić information content (AvgIpc) is 2.34. The third-order valence-electron chi connectivity index (χ3n) is 2.44. The van der Waals surface area contributed by atoms with Crippen molar-refractivity contribution in [3.8, 4) is 0 Å². The summed E-state index contributed by atoms with van der Waals surface area (Å²) in [6.45, 7) is 0.795. The van der Waals surface area contributed by atoms with Gasteiger partial charge in [0.05, 0.1) is 6.26 Å². The highest BCUT2D eigenvalue weighted by molar-refractivity contribution is 7.85. The van der Waals surface area contributed by atoms with Crippen LogP contribution in [0.4, 0.5) is 0 Å². The molecule has 0 aliphatic rings. The second kappa shape index (κ2) is 14.7. The number of hydrogen-bond acceptors (Lipinski definition) is 6. The molecule has 0 aromatic rings. The summed E-state index contributed by atoms with van der Waals surface area (Å²) in [6, 6.07) is 0. The van der Waals surface area contributed by atoms with Gasteiger partial charge in [0.1, 0.15) is 0 Å². The second-order valence-corrected chi connectivity index (χ2v) is 6.03. The summed E-state index contributed by atoms with van der Waals surface area (Å²) in [4.78, 5) is 14.1. The molecule has 0 spiro atoms. The molecule has 0 aromatic heterocycles. The smallest absolute Gasteiger partial charge is 0.330 e. The Labute approximate surface area is 121 Å². The Morgan fingerprint density at radius 2 is 1.35 bits per heavy atom. The predicted octanol–water partition coefficient (Wildman–Crippen LogP) is 1.98. The molecule has 20 heavy (non-hydrogen) atoms. The Morgan fingerprint density at radius 3 is 1.70 bits per heavy atom. The lowest BCUT2D eigenvalue weighted by molar-refractivity contribution is -0.234. The summed E-state index contributed by atoms with van der Waals surface area (Å²) in [7, 11) is -3.67. The molecule has 0 amide bonds. The minimum absolute atomic E-state index is 0.323. The molecule has 0 atom stereocenters. The maximum Gasteiger partial charge on any atom is 0.342 e. The third kappa shape index (κ3) is 30.4. The fourth-order valence-electron chi connectivity index (χ4n) is 1.52. The SMILES string of the molecule is CS(=O)(=O)O.NCCCCCCCCCCC(=O)OO. The first-order valence-corrected chi connectivity index (χ1v) is 8.63. The number of nitrogens with two attached hydrogens (primary N) is 1. The normalized spacial score (nSPS) is 10.6. The first-order chi connectivity index (χ1) is 9.31. The van der Waals surface area contributed by atoms with E-state index in [-0.39, 0.29) is 0 Å². The summed E-state index contributed by atoms with van der Waals surface area (Å²) in [5.41, 5.74) is 5.39. The quantitative estimate of drug-likeness (QED) is 0.243. The number of carbonyl (C=O) groups is 1. The molecule has 0 heterocycles. The molecule has 0 unspecified atom stereocenters. The van der Waals surface area contributed by atoms with Crippen LogP contribution >= 0.6 is 0 Å². The van der Waals surface area contributed by atoms with E-state index in [1.54, 1.807) is 0 Å². The van der Waals surface area contributed by atoms with E-state index >= 15 is 0 Å². The van der Waals surface area contributed by atoms with Crippen molar-refractivity contribution in [1.82, 2.24) is 0 Å². The minimum atomic E-state index is -3.67. The third-order valence-corrected chi connectivity index (χ3v) is 2.44. The fraction of sp³-hybridized carbons (Fsp3) is 0.917. The van der Waals surface area contributed by atoms with Crippen LogP contribution in [0.1, 0.15) is 57.8 Å². The van der Waals surface area contributed by atoms with Gasteiger partial charge in [-0.25, -0.2) is 4.79 Å². The van der Waals surface area contributed by atoms with Gasteiger partial charge in [-0.05, 0) is 19.4 Å². The molecule has 0 rings (SSSR count). The maximum atomic E-state index is 10.5. The van der Waals surface area contributed by atoms with Crippen LogP contribution in [-0.4, -0.2) is 37.0 Å². The van der Waals surface area contributed by atoms with Gasteiger partial charge in [-0.1, -0.05) is 38.5 Å². The minimum Gasteiger partial charge on any atom is -0.330 e. The number of carbonyl (C=O) groups excluding carboxylic acids is 1. The molecule has 0 saturated carbocycles. The molecule has 0 saturated heterocycles. The second-order valence-electron chi connectivity index (χ2n) is 4.56. The van der Waals surface area contributed by atoms with Gasteiger partial charge in [-0.15, -0.1) is 0 Å². The Morgan fingerprint density at radius 1 is 1.00 bits per heavy atom. The predicted molar refractivity (Wildman–Crippen MR) is 76.8 cm³/mol. The van der Waals surface area contributed by atoms with Gasteiger partial charge in [-0.3, -0.25) is 4.55 Å². The topological polar surface area (TPSA) is 127 Å². The van der Waals surface area contributed by atoms with Crippen molar-refractivity contribution in [3.63, 3.8) is 0 Å². The molecule has 122 valence electrons. The Kier molecular flexibility index (Phi) is 15.9. The zero-order valence-corrected chi connectivity index (χ0v) is 12.9. The standard InChI is InChI=1S/C11H23NO3.CH4O3S/c12-10-8-6-4-2-1-3-5-7-9-11(13)15-14;1-5(2,3)4/h14H,1-10,12H2;1H3,(H,2,3,4). The molecular formula is C12H27NO6S. The molecule has 0 aliphatic carbocycles. The maximum absolute atomic E-state index is 10.5. The van der Waals surface area contributed by atoms with Gasteiger partial charge in [0.15, 0.2) is 0 Å². The van der Waals surface area contributed by atoms with Gasteiger partial charge in [0, 0.05) is 6.42 Å². The van der Waals surface area contributed by atoms with Crippen molar-refractivity contribution >= 4 is 16.1 Å². The van der Waals surface area contributed by atoms with Crippen molar-refractivity contribution in [3.05, 3.63) is 0 Å². The van der Waals surface area contributed by atoms with Crippen LogP contribution in [0.3, 0.4) is 0 Å². The molecule has 7 nitrogen and oxygen atoms in total. The largest absolute Gasteiger partial charge is 0.342 e. The Balaban J connectivity index is 0. The van der Waals surface area contributed by atoms with Gasteiger partial charge < -0.3 is 10.6 Å².